The quantitative estimate of drug-likeness (QED) is 0.558. The van der Waals surface area contributed by atoms with E-state index >= 15 is 0 Å². The Morgan fingerprint density at radius 1 is 1.32 bits per heavy atom. The number of nitrogens with one attached hydrogen (secondary N) is 1. The average Bonchev–Trinajstić information content (AvgIpc) is 3.14. The highest BCUT2D eigenvalue weighted by Crippen LogP contribution is 2.29. The third kappa shape index (κ3) is 4.51. The second-order valence-corrected chi connectivity index (χ2v) is 8.26. The lowest BCUT2D eigenvalue weighted by Crippen LogP contribution is -2.26. The number of rotatable bonds is 8. The maximum absolute atomic E-state index is 12.8. The summed E-state index contributed by atoms with van der Waals surface area (Å²) in [6.45, 7) is 5.30. The summed E-state index contributed by atoms with van der Waals surface area (Å²) in [6.07, 6.45) is 8.39. The normalized spacial score (nSPS) is 16.7. The van der Waals surface area contributed by atoms with Gasteiger partial charge in [0.15, 0.2) is 5.65 Å². The van der Waals surface area contributed by atoms with E-state index in [0.717, 1.165) is 49.0 Å². The molecule has 3 aromatic heterocycles. The van der Waals surface area contributed by atoms with Crippen LogP contribution in [0.25, 0.3) is 11.2 Å². The summed E-state index contributed by atoms with van der Waals surface area (Å²) in [4.78, 5) is 37.5. The second-order valence-electron chi connectivity index (χ2n) is 8.26. The van der Waals surface area contributed by atoms with Gasteiger partial charge in [-0.1, -0.05) is 13.8 Å². The Morgan fingerprint density at radius 2 is 2.19 bits per heavy atom. The number of aryl methyl sites for hydroxylation is 1. The Morgan fingerprint density at radius 3 is 2.94 bits per heavy atom. The Bertz CT molecular complexity index is 1110. The first kappa shape index (κ1) is 21.2. The number of hydrogen-bond donors (Lipinski definition) is 1. The molecule has 9 heteroatoms. The van der Waals surface area contributed by atoms with Crippen LogP contribution in [0.1, 0.15) is 57.3 Å². The Balaban J connectivity index is 1.79. The van der Waals surface area contributed by atoms with E-state index in [0.29, 0.717) is 24.8 Å². The topological polar surface area (TPSA) is 104 Å². The van der Waals surface area contributed by atoms with E-state index in [1.54, 1.807) is 24.7 Å². The molecule has 0 aromatic carbocycles. The third-order valence-corrected chi connectivity index (χ3v) is 5.57. The number of carbonyl (C=O) groups is 1. The molecule has 1 unspecified atom stereocenters. The average molecular weight is 425 g/mol. The lowest BCUT2D eigenvalue weighted by Gasteiger charge is -2.25. The minimum absolute atomic E-state index is 0.173. The summed E-state index contributed by atoms with van der Waals surface area (Å²) in [5.41, 5.74) is 2.36. The molecule has 0 spiro atoms. The van der Waals surface area contributed by atoms with Gasteiger partial charge in [-0.25, -0.2) is 15.0 Å². The summed E-state index contributed by atoms with van der Waals surface area (Å²) in [5.74, 6) is 1.25. The summed E-state index contributed by atoms with van der Waals surface area (Å²) in [6, 6.07) is 3.31. The van der Waals surface area contributed by atoms with E-state index in [4.69, 9.17) is 9.72 Å². The van der Waals surface area contributed by atoms with E-state index in [9.17, 15) is 9.59 Å². The van der Waals surface area contributed by atoms with Gasteiger partial charge in [0.2, 0.25) is 6.41 Å². The molecule has 0 bridgehead atoms. The Hall–Kier alpha value is -3.07. The van der Waals surface area contributed by atoms with Crippen LogP contribution in [0.2, 0.25) is 0 Å². The van der Waals surface area contributed by atoms with Crippen LogP contribution in [0.5, 0.6) is 0 Å². The highest BCUT2D eigenvalue weighted by Gasteiger charge is 2.25. The lowest BCUT2D eigenvalue weighted by atomic mass is 10.1. The molecular formula is C22H28N6O3. The van der Waals surface area contributed by atoms with Crippen molar-refractivity contribution in [3.05, 3.63) is 46.5 Å². The van der Waals surface area contributed by atoms with Crippen molar-refractivity contribution in [3.8, 4) is 0 Å². The molecule has 0 aliphatic carbocycles. The van der Waals surface area contributed by atoms with E-state index in [1.165, 1.54) is 4.57 Å². The number of carbonyl (C=O) groups excluding carboxylic acids is 1. The smallest absolute Gasteiger partial charge is 0.274 e. The fourth-order valence-electron chi connectivity index (χ4n) is 3.94. The number of imidazole rings is 1. The van der Waals surface area contributed by atoms with Crippen LogP contribution < -0.4 is 10.9 Å². The zero-order chi connectivity index (χ0) is 21.8. The molecule has 9 nitrogen and oxygen atoms in total. The highest BCUT2D eigenvalue weighted by atomic mass is 16.5. The highest BCUT2D eigenvalue weighted by molar-refractivity contribution is 5.74. The predicted molar refractivity (Wildman–Crippen MR) is 117 cm³/mol. The minimum Gasteiger partial charge on any atom is -0.358 e. The molecule has 1 atom stereocenters. The molecule has 1 N–H and O–H groups in total. The maximum atomic E-state index is 12.8. The fraction of sp³-hybridized carbons (Fsp3) is 0.500. The lowest BCUT2D eigenvalue weighted by molar-refractivity contribution is -0.105. The van der Waals surface area contributed by atoms with Gasteiger partial charge in [-0.05, 0) is 50.2 Å². The number of ether oxygens (including phenoxy) is 1. The van der Waals surface area contributed by atoms with Gasteiger partial charge in [-0.2, -0.15) is 0 Å². The largest absolute Gasteiger partial charge is 0.358 e. The molecule has 1 aliphatic rings. The predicted octanol–water partition coefficient (Wildman–Crippen LogP) is 2.89. The van der Waals surface area contributed by atoms with Gasteiger partial charge in [0.1, 0.15) is 29.6 Å². The number of fused-ring (bicyclic) bond motifs is 1. The van der Waals surface area contributed by atoms with Crippen LogP contribution in [0.3, 0.4) is 0 Å². The third-order valence-electron chi connectivity index (χ3n) is 5.57. The molecule has 1 aliphatic heterocycles. The van der Waals surface area contributed by atoms with Crippen molar-refractivity contribution in [2.45, 2.75) is 58.7 Å². The minimum atomic E-state index is -0.288. The molecule has 0 saturated carbocycles. The summed E-state index contributed by atoms with van der Waals surface area (Å²) < 4.78 is 9.61. The van der Waals surface area contributed by atoms with Crippen molar-refractivity contribution < 1.29 is 9.53 Å². The van der Waals surface area contributed by atoms with Crippen molar-refractivity contribution in [2.24, 2.45) is 5.92 Å². The number of hydrogen-bond acceptors (Lipinski definition) is 6. The van der Waals surface area contributed by atoms with Gasteiger partial charge >= 0.3 is 0 Å². The fourth-order valence-corrected chi connectivity index (χ4v) is 3.94. The number of anilines is 1. The zero-order valence-corrected chi connectivity index (χ0v) is 18.0. The van der Waals surface area contributed by atoms with E-state index in [-0.39, 0.29) is 24.0 Å². The number of pyridine rings is 1. The van der Waals surface area contributed by atoms with E-state index in [1.807, 2.05) is 4.57 Å². The number of amides is 1. The monoisotopic (exact) mass is 424 g/mol. The summed E-state index contributed by atoms with van der Waals surface area (Å²) in [7, 11) is 0. The van der Waals surface area contributed by atoms with Crippen molar-refractivity contribution in [3.63, 3.8) is 0 Å². The molecule has 4 rings (SSSR count). The maximum Gasteiger partial charge on any atom is 0.274 e. The SMILES string of the molecule is CC(C)CCc1ncnc2c1nc(Cn1cccc(NC=O)c1=O)n2C1CCCCO1. The summed E-state index contributed by atoms with van der Waals surface area (Å²) >= 11 is 0. The molecule has 164 valence electrons. The van der Waals surface area contributed by atoms with Gasteiger partial charge in [0, 0.05) is 12.8 Å². The van der Waals surface area contributed by atoms with Crippen LogP contribution in [0.15, 0.2) is 29.5 Å². The molecule has 3 aromatic rings. The van der Waals surface area contributed by atoms with Crippen molar-refractivity contribution in [2.75, 3.05) is 11.9 Å². The number of nitrogens with zero attached hydrogens (tertiary/aromatic N) is 5. The molecule has 4 heterocycles. The van der Waals surface area contributed by atoms with Crippen LogP contribution in [0, 0.1) is 5.92 Å². The van der Waals surface area contributed by atoms with Crippen LogP contribution >= 0.6 is 0 Å². The number of aromatic nitrogens is 5. The van der Waals surface area contributed by atoms with Gasteiger partial charge in [0.25, 0.3) is 5.56 Å². The second kappa shape index (κ2) is 9.38. The first-order chi connectivity index (χ1) is 15.1. The molecule has 1 saturated heterocycles. The zero-order valence-electron chi connectivity index (χ0n) is 18.0. The Labute approximate surface area is 180 Å². The van der Waals surface area contributed by atoms with Crippen molar-refractivity contribution in [1.29, 1.82) is 0 Å². The van der Waals surface area contributed by atoms with Crippen LogP contribution in [0.4, 0.5) is 5.69 Å². The van der Waals surface area contributed by atoms with Crippen LogP contribution in [-0.4, -0.2) is 37.1 Å². The first-order valence-electron chi connectivity index (χ1n) is 10.8. The standard InChI is InChI=1S/C22H28N6O3/c1-15(2)8-9-16-20-21(24-13-23-16)28(19-7-3-4-11-31-19)18(26-20)12-27-10-5-6-17(22(27)30)25-14-29/h5-6,10,13-15,19H,3-4,7-9,11-12H2,1-2H3,(H,25,29). The van der Waals surface area contributed by atoms with Gasteiger partial charge in [-0.15, -0.1) is 0 Å². The summed E-state index contributed by atoms with van der Waals surface area (Å²) in [5, 5.41) is 2.45. The Kier molecular flexibility index (Phi) is 6.41. The molecule has 1 amide bonds. The molecule has 31 heavy (non-hydrogen) atoms. The van der Waals surface area contributed by atoms with E-state index < -0.39 is 0 Å². The van der Waals surface area contributed by atoms with Gasteiger partial charge in [0.05, 0.1) is 12.2 Å². The van der Waals surface area contributed by atoms with Crippen molar-refractivity contribution >= 4 is 23.3 Å². The molecule has 1 fully saturated rings. The first-order valence-corrected chi connectivity index (χ1v) is 10.8. The van der Waals surface area contributed by atoms with Crippen LogP contribution in [-0.2, 0) is 22.5 Å². The molecular weight excluding hydrogens is 396 g/mol. The van der Waals surface area contributed by atoms with Crippen molar-refractivity contribution in [1.82, 2.24) is 24.1 Å². The van der Waals surface area contributed by atoms with Gasteiger partial charge in [-0.3, -0.25) is 14.2 Å². The van der Waals surface area contributed by atoms with Gasteiger partial charge < -0.3 is 14.6 Å². The van der Waals surface area contributed by atoms with E-state index in [2.05, 4.69) is 29.1 Å². The molecule has 0 radical (unpaired) electrons.